The predicted octanol–water partition coefficient (Wildman–Crippen LogP) is 0.402. The number of hydrogen-bond donors (Lipinski definition) is 2. The number of benzene rings is 1. The minimum absolute atomic E-state index is 0. The lowest BCUT2D eigenvalue weighted by Gasteiger charge is -2.27. The monoisotopic (exact) mass is 325 g/mol. The molecule has 3 rings (SSSR count). The Morgan fingerprint density at radius 3 is 2.59 bits per heavy atom. The average Bonchev–Trinajstić information content (AvgIpc) is 2.89. The van der Waals surface area contributed by atoms with E-state index in [9.17, 15) is 9.59 Å². The van der Waals surface area contributed by atoms with E-state index in [0.717, 1.165) is 17.7 Å². The van der Waals surface area contributed by atoms with Gasteiger partial charge < -0.3 is 20.7 Å². The molecule has 0 bridgehead atoms. The summed E-state index contributed by atoms with van der Waals surface area (Å²) < 4.78 is 5.12. The predicted molar refractivity (Wildman–Crippen MR) is 85.2 cm³/mol. The number of carbonyl (C=O) groups is 2. The van der Waals surface area contributed by atoms with E-state index in [0.29, 0.717) is 19.7 Å². The minimum Gasteiger partial charge on any atom is -0.370 e. The first-order valence-corrected chi connectivity index (χ1v) is 7.17. The molecule has 0 aromatic heterocycles. The molecule has 0 saturated carbocycles. The van der Waals surface area contributed by atoms with Crippen LogP contribution in [0.5, 0.6) is 0 Å². The zero-order valence-corrected chi connectivity index (χ0v) is 13.0. The molecule has 2 amide bonds. The standard InChI is InChI=1S/C15H19N3O3.ClH/c16-8-11-7-13(15(20)17-11)10-1-3-12(4-2-10)18-5-6-21-9-14(18)19;/h1-4,11,13H,5-9,16H2,(H,17,20);1H/t11-,13-;/m0./s1. The molecule has 0 unspecified atom stereocenters. The van der Waals surface area contributed by atoms with E-state index in [1.807, 2.05) is 24.3 Å². The van der Waals surface area contributed by atoms with Crippen LogP contribution in [-0.4, -0.2) is 44.2 Å². The van der Waals surface area contributed by atoms with Crippen LogP contribution in [-0.2, 0) is 14.3 Å². The van der Waals surface area contributed by atoms with Crippen LogP contribution in [0.2, 0.25) is 0 Å². The second-order valence-corrected chi connectivity index (χ2v) is 5.42. The molecule has 2 fully saturated rings. The van der Waals surface area contributed by atoms with Crippen LogP contribution >= 0.6 is 12.4 Å². The van der Waals surface area contributed by atoms with Crippen LogP contribution in [0.3, 0.4) is 0 Å². The fourth-order valence-corrected chi connectivity index (χ4v) is 2.87. The number of nitrogens with one attached hydrogen (secondary N) is 1. The van der Waals surface area contributed by atoms with Crippen molar-refractivity contribution in [2.24, 2.45) is 5.73 Å². The van der Waals surface area contributed by atoms with E-state index in [-0.39, 0.29) is 42.8 Å². The summed E-state index contributed by atoms with van der Waals surface area (Å²) >= 11 is 0. The highest BCUT2D eigenvalue weighted by Gasteiger charge is 2.32. The van der Waals surface area contributed by atoms with Gasteiger partial charge in [0.15, 0.2) is 0 Å². The number of anilines is 1. The van der Waals surface area contributed by atoms with Crippen LogP contribution < -0.4 is 16.0 Å². The molecule has 7 heteroatoms. The molecule has 1 aromatic carbocycles. The Kier molecular flexibility index (Phi) is 5.39. The Labute approximate surface area is 135 Å². The average molecular weight is 326 g/mol. The normalized spacial score (nSPS) is 24.9. The first kappa shape index (κ1) is 16.7. The first-order valence-electron chi connectivity index (χ1n) is 7.17. The Balaban J connectivity index is 0.00000176. The molecule has 6 nitrogen and oxygen atoms in total. The summed E-state index contributed by atoms with van der Waals surface area (Å²) in [5, 5.41) is 2.89. The van der Waals surface area contributed by atoms with Gasteiger partial charge in [-0.3, -0.25) is 9.59 Å². The summed E-state index contributed by atoms with van der Waals surface area (Å²) in [5.74, 6) is -0.149. The largest absolute Gasteiger partial charge is 0.370 e. The lowest BCUT2D eigenvalue weighted by molar-refractivity contribution is -0.125. The van der Waals surface area contributed by atoms with Crippen molar-refractivity contribution in [3.8, 4) is 0 Å². The molecule has 2 atom stereocenters. The maximum absolute atomic E-state index is 11.9. The Morgan fingerprint density at radius 2 is 2.00 bits per heavy atom. The number of morpholine rings is 1. The molecule has 3 N–H and O–H groups in total. The van der Waals surface area contributed by atoms with Gasteiger partial charge in [0.25, 0.3) is 5.91 Å². The van der Waals surface area contributed by atoms with Crippen LogP contribution in [0.4, 0.5) is 5.69 Å². The summed E-state index contributed by atoms with van der Waals surface area (Å²) in [7, 11) is 0. The van der Waals surface area contributed by atoms with Gasteiger partial charge in [0.05, 0.1) is 12.5 Å². The molecule has 120 valence electrons. The van der Waals surface area contributed by atoms with Gasteiger partial charge in [0.1, 0.15) is 6.61 Å². The molecule has 0 radical (unpaired) electrons. The molecular weight excluding hydrogens is 306 g/mol. The quantitative estimate of drug-likeness (QED) is 0.842. The van der Waals surface area contributed by atoms with E-state index in [4.69, 9.17) is 10.5 Å². The highest BCUT2D eigenvalue weighted by atomic mass is 35.5. The van der Waals surface area contributed by atoms with Crippen molar-refractivity contribution >= 4 is 29.9 Å². The summed E-state index contributed by atoms with van der Waals surface area (Å²) in [6.07, 6.45) is 0.727. The molecular formula is C15H20ClN3O3. The molecule has 2 aliphatic rings. The maximum atomic E-state index is 11.9. The second kappa shape index (κ2) is 7.09. The van der Waals surface area contributed by atoms with Crippen molar-refractivity contribution in [2.75, 3.05) is 31.2 Å². The number of halogens is 1. The molecule has 0 spiro atoms. The number of hydrogen-bond acceptors (Lipinski definition) is 4. The summed E-state index contributed by atoms with van der Waals surface area (Å²) in [5.41, 5.74) is 7.42. The van der Waals surface area contributed by atoms with E-state index in [1.54, 1.807) is 4.90 Å². The van der Waals surface area contributed by atoms with Gasteiger partial charge in [-0.05, 0) is 24.1 Å². The van der Waals surface area contributed by atoms with Crippen molar-refractivity contribution in [1.29, 1.82) is 0 Å². The van der Waals surface area contributed by atoms with E-state index in [2.05, 4.69) is 5.32 Å². The molecule has 2 saturated heterocycles. The first-order chi connectivity index (χ1) is 10.2. The highest BCUT2D eigenvalue weighted by molar-refractivity contribution is 5.95. The number of nitrogens with two attached hydrogens (primary N) is 1. The number of nitrogens with zero attached hydrogens (tertiary/aromatic N) is 1. The van der Waals surface area contributed by atoms with Crippen LogP contribution in [0, 0.1) is 0 Å². The van der Waals surface area contributed by atoms with Gasteiger partial charge in [-0.25, -0.2) is 0 Å². The number of ether oxygens (including phenoxy) is 1. The van der Waals surface area contributed by atoms with Gasteiger partial charge in [0, 0.05) is 24.8 Å². The van der Waals surface area contributed by atoms with Crippen LogP contribution in [0.25, 0.3) is 0 Å². The summed E-state index contributed by atoms with van der Waals surface area (Å²) in [6, 6.07) is 7.68. The molecule has 2 aliphatic heterocycles. The second-order valence-electron chi connectivity index (χ2n) is 5.42. The Bertz CT molecular complexity index is 549. The molecule has 0 aliphatic carbocycles. The van der Waals surface area contributed by atoms with E-state index >= 15 is 0 Å². The van der Waals surface area contributed by atoms with Gasteiger partial charge >= 0.3 is 0 Å². The Morgan fingerprint density at radius 1 is 1.27 bits per heavy atom. The van der Waals surface area contributed by atoms with Crippen molar-refractivity contribution in [2.45, 2.75) is 18.4 Å². The smallest absolute Gasteiger partial charge is 0.253 e. The third-order valence-electron chi connectivity index (χ3n) is 4.06. The fourth-order valence-electron chi connectivity index (χ4n) is 2.87. The van der Waals surface area contributed by atoms with Crippen molar-refractivity contribution in [1.82, 2.24) is 5.32 Å². The topological polar surface area (TPSA) is 84.7 Å². The number of rotatable bonds is 3. The van der Waals surface area contributed by atoms with Gasteiger partial charge in [-0.2, -0.15) is 0 Å². The molecule has 22 heavy (non-hydrogen) atoms. The SMILES string of the molecule is Cl.NC[C@@H]1C[C@@H](c2ccc(N3CCOCC3=O)cc2)C(=O)N1. The van der Waals surface area contributed by atoms with Gasteiger partial charge in [-0.1, -0.05) is 12.1 Å². The summed E-state index contributed by atoms with van der Waals surface area (Å²) in [6.45, 7) is 1.71. The van der Waals surface area contributed by atoms with Crippen molar-refractivity contribution in [3.63, 3.8) is 0 Å². The lowest BCUT2D eigenvalue weighted by Crippen LogP contribution is -2.41. The van der Waals surface area contributed by atoms with Gasteiger partial charge in [-0.15, -0.1) is 12.4 Å². The Hall–Kier alpha value is -1.63. The van der Waals surface area contributed by atoms with Crippen molar-refractivity contribution < 1.29 is 14.3 Å². The van der Waals surface area contributed by atoms with Gasteiger partial charge in [0.2, 0.25) is 5.91 Å². The molecule has 2 heterocycles. The number of carbonyl (C=O) groups excluding carboxylic acids is 2. The lowest BCUT2D eigenvalue weighted by atomic mass is 9.95. The number of amides is 2. The van der Waals surface area contributed by atoms with Crippen molar-refractivity contribution in [3.05, 3.63) is 29.8 Å². The third-order valence-corrected chi connectivity index (χ3v) is 4.06. The fraction of sp³-hybridized carbons (Fsp3) is 0.467. The third kappa shape index (κ3) is 3.24. The minimum atomic E-state index is -0.145. The van der Waals surface area contributed by atoms with E-state index < -0.39 is 0 Å². The summed E-state index contributed by atoms with van der Waals surface area (Å²) in [4.78, 5) is 25.4. The maximum Gasteiger partial charge on any atom is 0.253 e. The zero-order valence-electron chi connectivity index (χ0n) is 12.2. The zero-order chi connectivity index (χ0) is 14.8. The van der Waals surface area contributed by atoms with E-state index in [1.165, 1.54) is 0 Å². The molecule has 1 aromatic rings. The van der Waals surface area contributed by atoms with Crippen LogP contribution in [0.15, 0.2) is 24.3 Å². The highest BCUT2D eigenvalue weighted by Crippen LogP contribution is 2.28. The van der Waals surface area contributed by atoms with Crippen LogP contribution in [0.1, 0.15) is 17.9 Å².